The van der Waals surface area contributed by atoms with Crippen LogP contribution in [0.25, 0.3) is 10.9 Å². The molecule has 1 saturated carbocycles. The van der Waals surface area contributed by atoms with E-state index in [1.807, 2.05) is 0 Å². The van der Waals surface area contributed by atoms with Gasteiger partial charge < -0.3 is 19.1 Å². The van der Waals surface area contributed by atoms with Crippen LogP contribution in [0.3, 0.4) is 0 Å². The molecule has 0 radical (unpaired) electrons. The van der Waals surface area contributed by atoms with Crippen LogP contribution in [-0.2, 0) is 31.8 Å². The lowest BCUT2D eigenvalue weighted by atomic mass is 9.91. The van der Waals surface area contributed by atoms with Crippen molar-refractivity contribution in [3.8, 4) is 5.75 Å². The third kappa shape index (κ3) is 7.23. The maximum atomic E-state index is 14.5. The van der Waals surface area contributed by atoms with E-state index in [0.29, 0.717) is 22.2 Å². The first-order valence-electron chi connectivity index (χ1n) is 13.2. The van der Waals surface area contributed by atoms with Crippen molar-refractivity contribution in [3.63, 3.8) is 0 Å². The number of rotatable bonds is 12. The Morgan fingerprint density at radius 2 is 1.90 bits per heavy atom. The minimum Gasteiger partial charge on any atom is -0.484 e. The van der Waals surface area contributed by atoms with Crippen molar-refractivity contribution < 1.29 is 37.0 Å². The van der Waals surface area contributed by atoms with Crippen LogP contribution in [0.15, 0.2) is 42.6 Å². The lowest BCUT2D eigenvalue weighted by Gasteiger charge is -2.19. The van der Waals surface area contributed by atoms with Crippen LogP contribution in [0.2, 0.25) is 5.02 Å². The lowest BCUT2D eigenvalue weighted by molar-refractivity contribution is -0.132. The number of aromatic nitrogens is 1. The number of benzene rings is 2. The number of amides is 1. The van der Waals surface area contributed by atoms with Gasteiger partial charge in [-0.1, -0.05) is 23.7 Å². The Bertz CT molecular complexity index is 1530. The van der Waals surface area contributed by atoms with Gasteiger partial charge in [0.1, 0.15) is 17.7 Å². The highest BCUT2D eigenvalue weighted by Gasteiger charge is 2.42. The van der Waals surface area contributed by atoms with Crippen molar-refractivity contribution >= 4 is 47.3 Å². The second kappa shape index (κ2) is 12.8. The Labute approximate surface area is 241 Å². The molecular weight excluding hydrogens is 577 g/mol. The predicted octanol–water partition coefficient (Wildman–Crippen LogP) is 6.17. The number of ketones is 2. The number of ether oxygens (including phenoxy) is 1. The van der Waals surface area contributed by atoms with E-state index in [2.05, 4.69) is 5.32 Å². The van der Waals surface area contributed by atoms with E-state index in [0.717, 1.165) is 0 Å². The first-order chi connectivity index (χ1) is 19.4. The second-order valence-electron chi connectivity index (χ2n) is 10.3. The van der Waals surface area contributed by atoms with Crippen molar-refractivity contribution in [2.24, 2.45) is 11.8 Å². The van der Waals surface area contributed by atoms with Crippen molar-refractivity contribution in [2.75, 3.05) is 19.6 Å². The molecule has 12 heteroatoms. The van der Waals surface area contributed by atoms with Gasteiger partial charge in [0.05, 0.1) is 24.1 Å². The quantitative estimate of drug-likeness (QED) is 0.195. The van der Waals surface area contributed by atoms with E-state index >= 15 is 0 Å². The van der Waals surface area contributed by atoms with Gasteiger partial charge in [-0.3, -0.25) is 18.9 Å². The van der Waals surface area contributed by atoms with Crippen LogP contribution in [0.1, 0.15) is 42.6 Å². The maximum absolute atomic E-state index is 14.5. The molecule has 0 aliphatic heterocycles. The number of nitrogens with one attached hydrogen (secondary N) is 1. The Hall–Kier alpha value is -3.07. The predicted molar refractivity (Wildman–Crippen MR) is 152 cm³/mol. The normalized spacial score (nSPS) is 20.1. The Morgan fingerprint density at radius 1 is 1.17 bits per heavy atom. The van der Waals surface area contributed by atoms with Crippen molar-refractivity contribution in [1.82, 2.24) is 9.88 Å². The maximum Gasteiger partial charge on any atom is 0.236 e. The number of carbonyl (C=O) groups is 3. The highest BCUT2D eigenvalue weighted by atomic mass is 35.5. The summed E-state index contributed by atoms with van der Waals surface area (Å²) in [7, 11) is -2.95. The van der Waals surface area contributed by atoms with Crippen LogP contribution < -0.4 is 10.1 Å². The fourth-order valence-electron chi connectivity index (χ4n) is 5.18. The van der Waals surface area contributed by atoms with Gasteiger partial charge in [0.2, 0.25) is 13.3 Å². The molecule has 4 rings (SSSR count). The number of fused-ring (bicyclic) bond motifs is 1. The molecule has 220 valence electrons. The molecule has 2 unspecified atom stereocenters. The molecule has 1 N–H and O–H groups in total. The molecule has 2 aromatic carbocycles. The molecule has 0 saturated heterocycles. The van der Waals surface area contributed by atoms with E-state index < -0.39 is 37.1 Å². The van der Waals surface area contributed by atoms with Gasteiger partial charge in [0.25, 0.3) is 0 Å². The molecule has 3 aromatic rings. The Morgan fingerprint density at radius 3 is 2.61 bits per heavy atom. The molecule has 8 nitrogen and oxygen atoms in total. The van der Waals surface area contributed by atoms with Gasteiger partial charge in [-0.2, -0.15) is 0 Å². The molecule has 1 fully saturated rings. The lowest BCUT2D eigenvalue weighted by Crippen LogP contribution is -2.36. The summed E-state index contributed by atoms with van der Waals surface area (Å²) in [5.74, 6) is -3.18. The minimum absolute atomic E-state index is 0.0760. The summed E-state index contributed by atoms with van der Waals surface area (Å²) in [6.45, 7) is 4.58. The van der Waals surface area contributed by atoms with Crippen molar-refractivity contribution in [2.45, 2.75) is 46.0 Å². The van der Waals surface area contributed by atoms with E-state index in [1.165, 1.54) is 25.7 Å². The van der Waals surface area contributed by atoms with Gasteiger partial charge in [-0.25, -0.2) is 8.78 Å². The van der Waals surface area contributed by atoms with Crippen molar-refractivity contribution in [1.29, 1.82) is 0 Å². The summed E-state index contributed by atoms with van der Waals surface area (Å²) in [6, 6.07) is 9.39. The Balaban J connectivity index is 1.50. The highest BCUT2D eigenvalue weighted by Crippen LogP contribution is 2.42. The molecule has 1 aromatic heterocycles. The van der Waals surface area contributed by atoms with Crippen LogP contribution >= 0.6 is 19.0 Å². The number of alkyl halides is 1. The van der Waals surface area contributed by atoms with Gasteiger partial charge in [0.15, 0.2) is 17.9 Å². The third-order valence-corrected chi connectivity index (χ3v) is 8.86. The summed E-state index contributed by atoms with van der Waals surface area (Å²) in [5.41, 5.74) is 1.12. The molecule has 1 heterocycles. The SMILES string of the molecule is CCOP(C)(=O)COc1ccc2c(c1)c(C(C)=O)cn2CC(=O)C1C[C@H](F)C[C@H]1C(=O)NCc1cccc(Cl)c1F. The van der Waals surface area contributed by atoms with Crippen molar-refractivity contribution in [3.05, 3.63) is 64.6 Å². The summed E-state index contributed by atoms with van der Waals surface area (Å²) >= 11 is 5.80. The molecule has 1 aliphatic rings. The number of carbonyl (C=O) groups excluding carboxylic acids is 3. The molecular formula is C29H32ClF2N2O6P. The van der Waals surface area contributed by atoms with Gasteiger partial charge in [0, 0.05) is 47.4 Å². The summed E-state index contributed by atoms with van der Waals surface area (Å²) in [6.07, 6.45) is -0.132. The van der Waals surface area contributed by atoms with Gasteiger partial charge >= 0.3 is 0 Å². The summed E-state index contributed by atoms with van der Waals surface area (Å²) < 4.78 is 53.6. The number of nitrogens with zero attached hydrogens (tertiary/aromatic N) is 1. The molecule has 4 atom stereocenters. The summed E-state index contributed by atoms with van der Waals surface area (Å²) in [4.78, 5) is 38.8. The van der Waals surface area contributed by atoms with Crippen LogP contribution in [-0.4, -0.2) is 47.8 Å². The molecule has 0 bridgehead atoms. The first-order valence-corrected chi connectivity index (χ1v) is 15.9. The molecule has 0 spiro atoms. The zero-order valence-corrected chi connectivity index (χ0v) is 24.6. The molecule has 41 heavy (non-hydrogen) atoms. The van der Waals surface area contributed by atoms with Gasteiger partial charge in [-0.15, -0.1) is 0 Å². The minimum atomic E-state index is -2.95. The summed E-state index contributed by atoms with van der Waals surface area (Å²) in [5, 5.41) is 3.08. The van der Waals surface area contributed by atoms with Crippen LogP contribution in [0.5, 0.6) is 5.75 Å². The highest BCUT2D eigenvalue weighted by molar-refractivity contribution is 7.57. The largest absolute Gasteiger partial charge is 0.484 e. The fraction of sp³-hybridized carbons (Fsp3) is 0.414. The van der Waals surface area contributed by atoms with E-state index in [9.17, 15) is 27.7 Å². The first kappa shape index (κ1) is 30.9. The Kier molecular flexibility index (Phi) is 9.67. The van der Waals surface area contributed by atoms with Gasteiger partial charge in [-0.05, 0) is 51.0 Å². The number of hydrogen-bond acceptors (Lipinski definition) is 6. The smallest absolute Gasteiger partial charge is 0.236 e. The zero-order valence-electron chi connectivity index (χ0n) is 23.0. The standard InChI is InChI=1S/C29H32ClF2N2O6P/c1-4-40-41(3,38)16-39-20-8-9-26-21(12-20)24(17(2)35)14-34(26)15-27(36)22-10-19(31)11-23(22)29(37)33-13-18-6-5-7-25(30)28(18)32/h5-9,12,14,19,22-23H,4,10-11,13,15-16H2,1-3H3,(H,33,37)/t19-,22?,23+,41?/m0/s1. The van der Waals surface area contributed by atoms with Crippen LogP contribution in [0.4, 0.5) is 8.78 Å². The number of hydrogen-bond donors (Lipinski definition) is 1. The number of Topliss-reactive ketones (excluding diaryl/α,β-unsaturated/α-hetero) is 2. The van der Waals surface area contributed by atoms with E-state index in [4.69, 9.17) is 20.9 Å². The van der Waals surface area contributed by atoms with Crippen LogP contribution in [0, 0.1) is 17.7 Å². The monoisotopic (exact) mass is 608 g/mol. The van der Waals surface area contributed by atoms with E-state index in [1.54, 1.807) is 42.0 Å². The van der Waals surface area contributed by atoms with E-state index in [-0.39, 0.29) is 61.0 Å². The fourth-order valence-corrected chi connectivity index (χ4v) is 6.38. The zero-order chi connectivity index (χ0) is 29.9. The average Bonchev–Trinajstić information content (AvgIpc) is 3.49. The topological polar surface area (TPSA) is 104 Å². The average molecular weight is 609 g/mol. The molecule has 1 amide bonds. The molecule has 1 aliphatic carbocycles. The second-order valence-corrected chi connectivity index (χ2v) is 13.2. The third-order valence-electron chi connectivity index (χ3n) is 7.17. The number of halogens is 3.